The zero-order valence-corrected chi connectivity index (χ0v) is 11.8. The van der Waals surface area contributed by atoms with Gasteiger partial charge in [0.1, 0.15) is 5.92 Å². The summed E-state index contributed by atoms with van der Waals surface area (Å²) in [5.41, 5.74) is 1.32. The van der Waals surface area contributed by atoms with Crippen LogP contribution in [-0.4, -0.2) is 11.9 Å². The summed E-state index contributed by atoms with van der Waals surface area (Å²) in [4.78, 5) is 23.2. The average molecular weight is 275 g/mol. The molecule has 0 aromatic heterocycles. The molecule has 0 spiro atoms. The number of amides is 1. The predicted octanol–water partition coefficient (Wildman–Crippen LogP) is -2.16. The minimum absolute atomic E-state index is 0. The van der Waals surface area contributed by atoms with E-state index in [1.807, 2.05) is 30.3 Å². The van der Waals surface area contributed by atoms with E-state index in [0.29, 0.717) is 5.56 Å². The van der Waals surface area contributed by atoms with E-state index in [2.05, 4.69) is 5.32 Å². The Morgan fingerprint density at radius 2 is 1.48 bits per heavy atom. The Balaban J connectivity index is 0.00000220. The van der Waals surface area contributed by atoms with Crippen molar-refractivity contribution in [3.63, 3.8) is 0 Å². The van der Waals surface area contributed by atoms with Gasteiger partial charge in [-0.25, -0.2) is 0 Å². The van der Waals surface area contributed by atoms with Crippen molar-refractivity contribution in [2.75, 3.05) is 0 Å². The van der Waals surface area contributed by atoms with Gasteiger partial charge in [-0.1, -0.05) is 60.7 Å². The second-order valence-corrected chi connectivity index (χ2v) is 4.37. The number of carboxylic acids is 1. The Hall–Kier alpha value is -2.02. The van der Waals surface area contributed by atoms with Crippen molar-refractivity contribution in [3.8, 4) is 0 Å². The summed E-state index contributed by atoms with van der Waals surface area (Å²) >= 11 is 0. The molecule has 2 rings (SSSR count). The largest absolute Gasteiger partial charge is 1.00 e. The first kappa shape index (κ1) is 17.0. The van der Waals surface area contributed by atoms with Crippen LogP contribution in [0.2, 0.25) is 0 Å². The van der Waals surface area contributed by atoms with Gasteiger partial charge in [-0.2, -0.15) is 0 Å². The van der Waals surface area contributed by atoms with Gasteiger partial charge in [-0.3, -0.25) is 4.79 Å². The van der Waals surface area contributed by atoms with Gasteiger partial charge in [0.05, 0.1) is 5.97 Å². The monoisotopic (exact) mass is 275 g/mol. The van der Waals surface area contributed by atoms with Crippen molar-refractivity contribution >= 4 is 11.9 Å². The third kappa shape index (κ3) is 4.78. The van der Waals surface area contributed by atoms with Crippen LogP contribution in [0.1, 0.15) is 17.0 Å². The summed E-state index contributed by atoms with van der Waals surface area (Å²) in [5.74, 6) is -3.26. The third-order valence-electron chi connectivity index (χ3n) is 2.94. The van der Waals surface area contributed by atoms with E-state index in [0.717, 1.165) is 5.56 Å². The van der Waals surface area contributed by atoms with E-state index >= 15 is 0 Å². The van der Waals surface area contributed by atoms with Crippen LogP contribution in [0.3, 0.4) is 0 Å². The first-order chi connectivity index (χ1) is 9.68. The maximum absolute atomic E-state index is 12.0. The molecule has 1 amide bonds. The van der Waals surface area contributed by atoms with Crippen LogP contribution in [0.25, 0.3) is 0 Å². The molecule has 102 valence electrons. The number of nitrogens with one attached hydrogen (secondary N) is 1. The van der Waals surface area contributed by atoms with Crippen molar-refractivity contribution < 1.29 is 33.6 Å². The molecular weight excluding hydrogens is 261 g/mol. The minimum atomic E-state index is -1.40. The summed E-state index contributed by atoms with van der Waals surface area (Å²) < 4.78 is 0. The first-order valence-corrected chi connectivity index (χ1v) is 6.26. The van der Waals surface area contributed by atoms with E-state index in [1.165, 1.54) is 0 Å². The van der Waals surface area contributed by atoms with E-state index < -0.39 is 17.8 Å². The van der Waals surface area contributed by atoms with E-state index in [4.69, 9.17) is 0 Å². The van der Waals surface area contributed by atoms with Gasteiger partial charge < -0.3 is 15.2 Å². The smallest absolute Gasteiger partial charge is 0.549 e. The molecule has 1 unspecified atom stereocenters. The maximum Gasteiger partial charge on any atom is 1.00 e. The van der Waals surface area contributed by atoms with E-state index in [1.54, 1.807) is 30.3 Å². The second kappa shape index (κ2) is 8.31. The fraction of sp³-hybridized carbons (Fsp3) is 0.125. The number of hydrogen-bond acceptors (Lipinski definition) is 3. The van der Waals surface area contributed by atoms with Gasteiger partial charge in [-0.05, 0) is 11.1 Å². The molecule has 21 heavy (non-hydrogen) atoms. The molecule has 0 aliphatic heterocycles. The molecule has 5 heteroatoms. The fourth-order valence-corrected chi connectivity index (χ4v) is 1.93. The SMILES string of the molecule is O=C([O-])C(C(=O)NCc1ccccc1)c1ccccc1.[Li+]. The summed E-state index contributed by atoms with van der Waals surface area (Å²) in [6.45, 7) is 0.288. The topological polar surface area (TPSA) is 69.2 Å². The first-order valence-electron chi connectivity index (χ1n) is 6.26. The van der Waals surface area contributed by atoms with Crippen LogP contribution >= 0.6 is 0 Å². The second-order valence-electron chi connectivity index (χ2n) is 4.37. The van der Waals surface area contributed by atoms with Gasteiger partial charge in [0.2, 0.25) is 5.91 Å². The molecule has 0 saturated carbocycles. The molecule has 2 aromatic rings. The summed E-state index contributed by atoms with van der Waals surface area (Å²) in [6, 6.07) is 17.6. The molecule has 0 aliphatic carbocycles. The van der Waals surface area contributed by atoms with Gasteiger partial charge >= 0.3 is 18.9 Å². The van der Waals surface area contributed by atoms with Crippen molar-refractivity contribution in [1.82, 2.24) is 5.32 Å². The zero-order valence-electron chi connectivity index (χ0n) is 11.8. The van der Waals surface area contributed by atoms with Gasteiger partial charge in [0, 0.05) is 6.54 Å². The molecular formula is C16H14LiNO3. The molecule has 0 bridgehead atoms. The number of rotatable bonds is 5. The molecule has 0 fully saturated rings. The number of carboxylic acid groups (broad SMARTS) is 1. The molecule has 0 radical (unpaired) electrons. The third-order valence-corrected chi connectivity index (χ3v) is 2.94. The quantitative estimate of drug-likeness (QED) is 0.499. The molecule has 0 aliphatic rings. The molecule has 1 atom stereocenters. The number of benzene rings is 2. The van der Waals surface area contributed by atoms with Crippen LogP contribution in [0.15, 0.2) is 60.7 Å². The van der Waals surface area contributed by atoms with E-state index in [-0.39, 0.29) is 25.4 Å². The van der Waals surface area contributed by atoms with Gasteiger partial charge in [0.25, 0.3) is 0 Å². The summed E-state index contributed by atoms with van der Waals surface area (Å²) in [5, 5.41) is 13.8. The average Bonchev–Trinajstić information content (AvgIpc) is 2.47. The minimum Gasteiger partial charge on any atom is -0.549 e. The number of carbonyl (C=O) groups excluding carboxylic acids is 2. The number of carbonyl (C=O) groups is 2. The molecule has 4 nitrogen and oxygen atoms in total. The van der Waals surface area contributed by atoms with Crippen molar-refractivity contribution in [1.29, 1.82) is 0 Å². The Bertz CT molecular complexity index is 587. The zero-order chi connectivity index (χ0) is 14.4. The van der Waals surface area contributed by atoms with Crippen molar-refractivity contribution in [2.24, 2.45) is 0 Å². The van der Waals surface area contributed by atoms with Crippen molar-refractivity contribution in [2.45, 2.75) is 12.5 Å². The molecule has 0 heterocycles. The van der Waals surface area contributed by atoms with Gasteiger partial charge in [-0.15, -0.1) is 0 Å². The Morgan fingerprint density at radius 3 is 2.00 bits per heavy atom. The standard InChI is InChI=1S/C16H15NO3.Li/c18-15(17-11-12-7-3-1-4-8-12)14(16(19)20)13-9-5-2-6-10-13;/h1-10,14H,11H2,(H,17,18)(H,19,20);/q;+1/p-1. The normalized spacial score (nSPS) is 11.0. The number of aliphatic carboxylic acids is 1. The molecule has 1 N–H and O–H groups in total. The van der Waals surface area contributed by atoms with Crippen molar-refractivity contribution in [3.05, 3.63) is 71.8 Å². The molecule has 0 saturated heterocycles. The Kier molecular flexibility index (Phi) is 6.74. The van der Waals surface area contributed by atoms with Crippen LogP contribution < -0.4 is 29.3 Å². The fourth-order valence-electron chi connectivity index (χ4n) is 1.93. The van der Waals surface area contributed by atoms with Crippen LogP contribution in [0, 0.1) is 0 Å². The van der Waals surface area contributed by atoms with Gasteiger partial charge in [0.15, 0.2) is 0 Å². The predicted molar refractivity (Wildman–Crippen MR) is 72.5 cm³/mol. The van der Waals surface area contributed by atoms with Crippen LogP contribution in [-0.2, 0) is 16.1 Å². The Morgan fingerprint density at radius 1 is 0.952 bits per heavy atom. The summed E-state index contributed by atoms with van der Waals surface area (Å²) in [7, 11) is 0. The molecule has 2 aromatic carbocycles. The Labute approximate surface area is 135 Å². The maximum atomic E-state index is 12.0. The van der Waals surface area contributed by atoms with Crippen LogP contribution in [0.4, 0.5) is 0 Å². The number of hydrogen-bond donors (Lipinski definition) is 1. The van der Waals surface area contributed by atoms with Crippen LogP contribution in [0.5, 0.6) is 0 Å². The van der Waals surface area contributed by atoms with E-state index in [9.17, 15) is 14.7 Å². The summed E-state index contributed by atoms with van der Waals surface area (Å²) in [6.07, 6.45) is 0.